The van der Waals surface area contributed by atoms with Crippen molar-refractivity contribution in [1.82, 2.24) is 5.32 Å². The Morgan fingerprint density at radius 2 is 1.75 bits per heavy atom. The lowest BCUT2D eigenvalue weighted by Gasteiger charge is -2.41. The summed E-state index contributed by atoms with van der Waals surface area (Å²) < 4.78 is 6.08. The largest absolute Gasteiger partial charge is 0.481 e. The summed E-state index contributed by atoms with van der Waals surface area (Å²) in [6.45, 7) is 0.891. The van der Waals surface area contributed by atoms with Gasteiger partial charge in [-0.25, -0.2) is 0 Å². The van der Waals surface area contributed by atoms with Crippen molar-refractivity contribution in [2.45, 2.75) is 81.9 Å². The van der Waals surface area contributed by atoms with Crippen LogP contribution in [0.2, 0.25) is 0 Å². The Morgan fingerprint density at radius 3 is 2.40 bits per heavy atom. The van der Waals surface area contributed by atoms with E-state index in [0.29, 0.717) is 12.1 Å². The van der Waals surface area contributed by atoms with E-state index in [9.17, 15) is 4.79 Å². The zero-order valence-corrected chi connectivity index (χ0v) is 12.3. The lowest BCUT2D eigenvalue weighted by atomic mass is 9.84. The highest BCUT2D eigenvalue weighted by Crippen LogP contribution is 2.40. The maximum atomic E-state index is 11.0. The van der Waals surface area contributed by atoms with Gasteiger partial charge in [-0.1, -0.05) is 12.8 Å². The van der Waals surface area contributed by atoms with Crippen LogP contribution in [-0.2, 0) is 9.53 Å². The van der Waals surface area contributed by atoms with Crippen LogP contribution in [0.25, 0.3) is 0 Å². The third kappa shape index (κ3) is 3.17. The smallest absolute Gasteiger partial charge is 0.306 e. The molecule has 114 valence electrons. The molecule has 0 aromatic rings. The lowest BCUT2D eigenvalue weighted by Crippen LogP contribution is -2.49. The first-order chi connectivity index (χ1) is 9.67. The van der Waals surface area contributed by atoms with Crippen LogP contribution in [-0.4, -0.2) is 35.4 Å². The Hall–Kier alpha value is -0.610. The number of nitrogens with one attached hydrogen (secondary N) is 1. The van der Waals surface area contributed by atoms with Gasteiger partial charge in [-0.2, -0.15) is 0 Å². The van der Waals surface area contributed by atoms with Crippen LogP contribution in [0.3, 0.4) is 0 Å². The number of carboxylic acids is 1. The zero-order chi connectivity index (χ0) is 14.0. The summed E-state index contributed by atoms with van der Waals surface area (Å²) in [5, 5.41) is 12.8. The minimum absolute atomic E-state index is 0.107. The predicted molar refractivity (Wildman–Crippen MR) is 76.7 cm³/mol. The Labute approximate surface area is 121 Å². The Morgan fingerprint density at radius 1 is 1.05 bits per heavy atom. The molecule has 1 heterocycles. The molecular weight excluding hydrogens is 254 g/mol. The SMILES string of the molecule is O=C(O)C1CCC(NC2CCOC3(CCCC3)C2)CC1. The molecule has 0 aromatic heterocycles. The molecule has 1 unspecified atom stereocenters. The molecule has 2 N–H and O–H groups in total. The maximum Gasteiger partial charge on any atom is 0.306 e. The summed E-state index contributed by atoms with van der Waals surface area (Å²) in [5.74, 6) is -0.719. The predicted octanol–water partition coefficient (Wildman–Crippen LogP) is 2.71. The van der Waals surface area contributed by atoms with E-state index in [-0.39, 0.29) is 11.5 Å². The van der Waals surface area contributed by atoms with E-state index < -0.39 is 5.97 Å². The number of hydrogen-bond acceptors (Lipinski definition) is 3. The minimum Gasteiger partial charge on any atom is -0.481 e. The Bertz CT molecular complexity index is 344. The second-order valence-electron chi connectivity index (χ2n) is 6.98. The molecular formula is C16H27NO3. The van der Waals surface area contributed by atoms with Gasteiger partial charge in [-0.3, -0.25) is 4.79 Å². The fraction of sp³-hybridized carbons (Fsp3) is 0.938. The van der Waals surface area contributed by atoms with Crippen molar-refractivity contribution in [3.8, 4) is 0 Å². The number of rotatable bonds is 3. The van der Waals surface area contributed by atoms with Crippen molar-refractivity contribution in [2.75, 3.05) is 6.61 Å². The third-order valence-electron chi connectivity index (χ3n) is 5.56. The molecule has 1 aliphatic heterocycles. The fourth-order valence-corrected chi connectivity index (χ4v) is 4.38. The van der Waals surface area contributed by atoms with Crippen LogP contribution in [0.15, 0.2) is 0 Å². The number of aliphatic carboxylic acids is 1. The molecule has 4 nitrogen and oxygen atoms in total. The standard InChI is InChI=1S/C16H27NO3/c18-15(19)12-3-5-13(6-4-12)17-14-7-10-20-16(11-14)8-1-2-9-16/h12-14,17H,1-11H2,(H,18,19). The summed E-state index contributed by atoms with van der Waals surface area (Å²) >= 11 is 0. The summed E-state index contributed by atoms with van der Waals surface area (Å²) in [6, 6.07) is 1.10. The van der Waals surface area contributed by atoms with Crippen LogP contribution < -0.4 is 5.32 Å². The van der Waals surface area contributed by atoms with Gasteiger partial charge in [0.2, 0.25) is 0 Å². The minimum atomic E-state index is -0.612. The number of carboxylic acid groups (broad SMARTS) is 1. The quantitative estimate of drug-likeness (QED) is 0.835. The molecule has 0 amide bonds. The molecule has 1 atom stereocenters. The van der Waals surface area contributed by atoms with Gasteiger partial charge in [0, 0.05) is 18.7 Å². The first-order valence-electron chi connectivity index (χ1n) is 8.30. The average Bonchev–Trinajstić information content (AvgIpc) is 2.87. The van der Waals surface area contributed by atoms with E-state index in [4.69, 9.17) is 9.84 Å². The number of hydrogen-bond donors (Lipinski definition) is 2. The van der Waals surface area contributed by atoms with Crippen LogP contribution in [0, 0.1) is 5.92 Å². The second kappa shape index (κ2) is 6.02. The molecule has 2 saturated carbocycles. The van der Waals surface area contributed by atoms with Crippen molar-refractivity contribution >= 4 is 5.97 Å². The van der Waals surface area contributed by atoms with Crippen LogP contribution >= 0.6 is 0 Å². The van der Waals surface area contributed by atoms with Crippen LogP contribution in [0.5, 0.6) is 0 Å². The topological polar surface area (TPSA) is 58.6 Å². The number of ether oxygens (including phenoxy) is 1. The van der Waals surface area contributed by atoms with Gasteiger partial charge >= 0.3 is 5.97 Å². The Balaban J connectivity index is 1.47. The van der Waals surface area contributed by atoms with Gasteiger partial charge in [0.15, 0.2) is 0 Å². The zero-order valence-electron chi connectivity index (χ0n) is 12.3. The van der Waals surface area contributed by atoms with E-state index in [1.807, 2.05) is 0 Å². The van der Waals surface area contributed by atoms with Crippen molar-refractivity contribution in [2.24, 2.45) is 5.92 Å². The van der Waals surface area contributed by atoms with Crippen LogP contribution in [0.1, 0.15) is 64.2 Å². The summed E-state index contributed by atoms with van der Waals surface area (Å²) in [4.78, 5) is 11.0. The van der Waals surface area contributed by atoms with Gasteiger partial charge in [-0.15, -0.1) is 0 Å². The molecule has 4 heteroatoms. The first kappa shape index (κ1) is 14.3. The molecule has 1 spiro atoms. The molecule has 3 fully saturated rings. The van der Waals surface area contributed by atoms with E-state index in [1.54, 1.807) is 0 Å². The second-order valence-corrected chi connectivity index (χ2v) is 6.98. The van der Waals surface area contributed by atoms with Gasteiger partial charge < -0.3 is 15.2 Å². The summed E-state index contributed by atoms with van der Waals surface area (Å²) in [6.07, 6.45) is 11.1. The van der Waals surface area contributed by atoms with E-state index in [2.05, 4.69) is 5.32 Å². The van der Waals surface area contributed by atoms with Gasteiger partial charge in [0.05, 0.1) is 11.5 Å². The van der Waals surface area contributed by atoms with Gasteiger partial charge in [0.25, 0.3) is 0 Å². The highest BCUT2D eigenvalue weighted by molar-refractivity contribution is 5.70. The first-order valence-corrected chi connectivity index (χ1v) is 8.30. The highest BCUT2D eigenvalue weighted by Gasteiger charge is 2.40. The molecule has 0 bridgehead atoms. The molecule has 3 aliphatic rings. The van der Waals surface area contributed by atoms with Gasteiger partial charge in [0.1, 0.15) is 0 Å². The molecule has 0 aromatic carbocycles. The normalized spacial score (nSPS) is 37.1. The van der Waals surface area contributed by atoms with Crippen molar-refractivity contribution < 1.29 is 14.6 Å². The van der Waals surface area contributed by atoms with E-state index in [0.717, 1.165) is 45.1 Å². The fourth-order valence-electron chi connectivity index (χ4n) is 4.38. The van der Waals surface area contributed by atoms with E-state index in [1.165, 1.54) is 25.7 Å². The van der Waals surface area contributed by atoms with Crippen LogP contribution in [0.4, 0.5) is 0 Å². The molecule has 20 heavy (non-hydrogen) atoms. The van der Waals surface area contributed by atoms with Crippen molar-refractivity contribution in [3.05, 3.63) is 0 Å². The lowest BCUT2D eigenvalue weighted by molar-refractivity contribution is -0.142. The van der Waals surface area contributed by atoms with Gasteiger partial charge in [-0.05, 0) is 51.4 Å². The van der Waals surface area contributed by atoms with E-state index >= 15 is 0 Å². The highest BCUT2D eigenvalue weighted by atomic mass is 16.5. The third-order valence-corrected chi connectivity index (χ3v) is 5.56. The molecule has 2 aliphatic carbocycles. The molecule has 0 radical (unpaired) electrons. The monoisotopic (exact) mass is 281 g/mol. The van der Waals surface area contributed by atoms with Crippen molar-refractivity contribution in [3.63, 3.8) is 0 Å². The van der Waals surface area contributed by atoms with Crippen molar-refractivity contribution in [1.29, 1.82) is 0 Å². The summed E-state index contributed by atoms with van der Waals surface area (Å²) in [5.41, 5.74) is 0.175. The molecule has 3 rings (SSSR count). The number of carbonyl (C=O) groups is 1. The Kier molecular flexibility index (Phi) is 4.32. The average molecular weight is 281 g/mol. The summed E-state index contributed by atoms with van der Waals surface area (Å²) in [7, 11) is 0. The molecule has 1 saturated heterocycles. The maximum absolute atomic E-state index is 11.0.